The fourth-order valence-corrected chi connectivity index (χ4v) is 5.30. The zero-order chi connectivity index (χ0) is 22.6. The van der Waals surface area contributed by atoms with Gasteiger partial charge in [0.1, 0.15) is 0 Å². The van der Waals surface area contributed by atoms with Crippen LogP contribution in [0, 0.1) is 0 Å². The number of nitrogens with zero attached hydrogens (tertiary/aromatic N) is 5. The Labute approximate surface area is 195 Å². The molecule has 1 aromatic heterocycles. The molecule has 6 nitrogen and oxygen atoms in total. The predicted molar refractivity (Wildman–Crippen MR) is 130 cm³/mol. The Morgan fingerprint density at radius 3 is 2.70 bits per heavy atom. The number of anilines is 1. The molecule has 2 aromatic carbocycles. The van der Waals surface area contributed by atoms with Crippen molar-refractivity contribution in [3.63, 3.8) is 0 Å². The van der Waals surface area contributed by atoms with Crippen LogP contribution in [0.15, 0.2) is 72.9 Å². The normalized spacial score (nSPS) is 20.2. The van der Waals surface area contributed by atoms with E-state index in [0.717, 1.165) is 38.3 Å². The zero-order valence-corrected chi connectivity index (χ0v) is 19.2. The Hall–Kier alpha value is -3.25. The number of carbonyl (C=O) groups excluding carboxylic acids is 1. The molecule has 0 spiro atoms. The third-order valence-corrected chi connectivity index (χ3v) is 6.91. The van der Waals surface area contributed by atoms with Crippen molar-refractivity contribution in [3.8, 4) is 0 Å². The van der Waals surface area contributed by atoms with Gasteiger partial charge in [0, 0.05) is 44.3 Å². The molecule has 3 heterocycles. The van der Waals surface area contributed by atoms with Gasteiger partial charge in [-0.1, -0.05) is 54.6 Å². The van der Waals surface area contributed by atoms with E-state index >= 15 is 0 Å². The maximum Gasteiger partial charge on any atom is 0.237 e. The number of fused-ring (bicyclic) bond motifs is 1. The molecule has 1 fully saturated rings. The molecule has 170 valence electrons. The Kier molecular flexibility index (Phi) is 6.35. The summed E-state index contributed by atoms with van der Waals surface area (Å²) in [5, 5.41) is 8.33. The first-order valence-electron chi connectivity index (χ1n) is 11.8. The Morgan fingerprint density at radius 2 is 1.88 bits per heavy atom. The molecule has 2 atom stereocenters. The second kappa shape index (κ2) is 9.71. The summed E-state index contributed by atoms with van der Waals surface area (Å²) in [6.45, 7) is 3.67. The van der Waals surface area contributed by atoms with Crippen molar-refractivity contribution >= 4 is 11.7 Å². The lowest BCUT2D eigenvalue weighted by Crippen LogP contribution is -2.46. The summed E-state index contributed by atoms with van der Waals surface area (Å²) in [7, 11) is 2.05. The summed E-state index contributed by atoms with van der Waals surface area (Å²) in [5.41, 5.74) is 3.85. The first kappa shape index (κ1) is 21.6. The van der Waals surface area contributed by atoms with Crippen LogP contribution in [0.5, 0.6) is 0 Å². The second-order valence-electron chi connectivity index (χ2n) is 9.20. The van der Waals surface area contributed by atoms with E-state index in [1.54, 1.807) is 6.20 Å². The van der Waals surface area contributed by atoms with Gasteiger partial charge in [0.05, 0.1) is 6.54 Å². The average Bonchev–Trinajstić information content (AvgIpc) is 3.32. The summed E-state index contributed by atoms with van der Waals surface area (Å²) in [4.78, 5) is 19.9. The smallest absolute Gasteiger partial charge is 0.237 e. The van der Waals surface area contributed by atoms with E-state index in [-0.39, 0.29) is 11.8 Å². The molecule has 2 unspecified atom stereocenters. The Bertz CT molecular complexity index is 1070. The lowest BCUT2D eigenvalue weighted by Gasteiger charge is -2.36. The summed E-state index contributed by atoms with van der Waals surface area (Å²) in [6.07, 6.45) is 3.96. The molecule has 0 bridgehead atoms. The van der Waals surface area contributed by atoms with Crippen molar-refractivity contribution in [3.05, 3.63) is 89.6 Å². The number of benzene rings is 2. The highest BCUT2D eigenvalue weighted by Gasteiger charge is 2.31. The van der Waals surface area contributed by atoms with E-state index in [0.29, 0.717) is 19.1 Å². The van der Waals surface area contributed by atoms with Crippen molar-refractivity contribution in [1.29, 1.82) is 0 Å². The number of hydrogen-bond donors (Lipinski definition) is 0. The molecule has 0 aliphatic carbocycles. The van der Waals surface area contributed by atoms with Gasteiger partial charge in [-0.15, -0.1) is 5.10 Å². The van der Waals surface area contributed by atoms with Gasteiger partial charge in [-0.3, -0.25) is 9.69 Å². The molecule has 5 rings (SSSR count). The highest BCUT2D eigenvalue weighted by atomic mass is 16.2. The van der Waals surface area contributed by atoms with Crippen LogP contribution in [-0.4, -0.2) is 65.2 Å². The second-order valence-corrected chi connectivity index (χ2v) is 9.20. The number of likely N-dealkylation sites (N-methyl/N-ethyl adjacent to an activating group) is 1. The number of amides is 1. The maximum absolute atomic E-state index is 13.4. The summed E-state index contributed by atoms with van der Waals surface area (Å²) < 4.78 is 0. The summed E-state index contributed by atoms with van der Waals surface area (Å²) in [6, 6.07) is 23.4. The van der Waals surface area contributed by atoms with Crippen LogP contribution >= 0.6 is 0 Å². The average molecular weight is 442 g/mol. The lowest BCUT2D eigenvalue weighted by molar-refractivity contribution is -0.133. The summed E-state index contributed by atoms with van der Waals surface area (Å²) >= 11 is 0. The number of hydrogen-bond acceptors (Lipinski definition) is 5. The monoisotopic (exact) mass is 441 g/mol. The van der Waals surface area contributed by atoms with E-state index in [2.05, 4.69) is 75.6 Å². The van der Waals surface area contributed by atoms with Gasteiger partial charge in [-0.25, -0.2) is 0 Å². The van der Waals surface area contributed by atoms with Crippen molar-refractivity contribution in [2.75, 3.05) is 38.1 Å². The van der Waals surface area contributed by atoms with Crippen LogP contribution in [0.1, 0.15) is 35.4 Å². The van der Waals surface area contributed by atoms with Crippen LogP contribution in [0.4, 0.5) is 5.82 Å². The molecule has 33 heavy (non-hydrogen) atoms. The maximum atomic E-state index is 13.4. The van der Waals surface area contributed by atoms with E-state index in [1.807, 2.05) is 23.1 Å². The van der Waals surface area contributed by atoms with Crippen molar-refractivity contribution in [2.24, 2.45) is 0 Å². The van der Waals surface area contributed by atoms with Gasteiger partial charge in [-0.05, 0) is 48.7 Å². The highest BCUT2D eigenvalue weighted by molar-refractivity contribution is 5.79. The Balaban J connectivity index is 1.26. The molecule has 2 aliphatic heterocycles. The molecule has 0 N–H and O–H groups in total. The Morgan fingerprint density at radius 1 is 1.06 bits per heavy atom. The van der Waals surface area contributed by atoms with Crippen LogP contribution in [-0.2, 0) is 11.3 Å². The minimum absolute atomic E-state index is 0.192. The largest absolute Gasteiger partial charge is 0.351 e. The number of aromatic nitrogens is 2. The first-order valence-corrected chi connectivity index (χ1v) is 11.8. The fraction of sp³-hybridized carbons (Fsp3) is 0.370. The fourth-order valence-electron chi connectivity index (χ4n) is 5.30. The minimum atomic E-state index is 0.192. The quantitative estimate of drug-likeness (QED) is 0.586. The van der Waals surface area contributed by atoms with Crippen molar-refractivity contribution < 1.29 is 4.79 Å². The van der Waals surface area contributed by atoms with Gasteiger partial charge in [0.2, 0.25) is 5.91 Å². The molecule has 6 heteroatoms. The first-order chi connectivity index (χ1) is 16.2. The van der Waals surface area contributed by atoms with Crippen LogP contribution in [0.3, 0.4) is 0 Å². The third kappa shape index (κ3) is 4.76. The van der Waals surface area contributed by atoms with Crippen molar-refractivity contribution in [1.82, 2.24) is 20.0 Å². The molecule has 3 aromatic rings. The van der Waals surface area contributed by atoms with Gasteiger partial charge < -0.3 is 9.80 Å². The van der Waals surface area contributed by atoms with E-state index < -0.39 is 0 Å². The molecular weight excluding hydrogens is 410 g/mol. The van der Waals surface area contributed by atoms with Gasteiger partial charge >= 0.3 is 0 Å². The molecule has 0 saturated carbocycles. The van der Waals surface area contributed by atoms with E-state index in [9.17, 15) is 4.79 Å². The SMILES string of the molecule is CN(CC(=O)N1Cc2ccccc2C(c2ccccc2)C1)CC1CCCN1c1cccnn1. The van der Waals surface area contributed by atoms with Gasteiger partial charge in [0.15, 0.2) is 5.82 Å². The summed E-state index contributed by atoms with van der Waals surface area (Å²) in [5.74, 6) is 1.34. The molecule has 1 saturated heterocycles. The topological polar surface area (TPSA) is 52.6 Å². The molecule has 2 aliphatic rings. The predicted octanol–water partition coefficient (Wildman–Crippen LogP) is 3.55. The lowest BCUT2D eigenvalue weighted by atomic mass is 9.84. The number of rotatable bonds is 6. The van der Waals surface area contributed by atoms with Gasteiger partial charge in [-0.2, -0.15) is 5.10 Å². The standard InChI is InChI=1S/C27H31N5O/c1-30(18-23-12-8-16-32(23)26-14-7-15-28-29-26)20-27(33)31-17-22-11-5-6-13-24(22)25(19-31)21-9-3-2-4-10-21/h2-7,9-11,13-15,23,25H,8,12,16-20H2,1H3. The van der Waals surface area contributed by atoms with E-state index in [1.165, 1.54) is 16.7 Å². The minimum Gasteiger partial charge on any atom is -0.351 e. The molecule has 1 amide bonds. The number of carbonyl (C=O) groups is 1. The molecular formula is C27H31N5O. The third-order valence-electron chi connectivity index (χ3n) is 6.91. The van der Waals surface area contributed by atoms with Crippen LogP contribution in [0.2, 0.25) is 0 Å². The van der Waals surface area contributed by atoms with Crippen molar-refractivity contribution in [2.45, 2.75) is 31.3 Å². The van der Waals surface area contributed by atoms with E-state index in [4.69, 9.17) is 0 Å². The van der Waals surface area contributed by atoms with Crippen LogP contribution < -0.4 is 4.90 Å². The molecule has 0 radical (unpaired) electrons. The highest BCUT2D eigenvalue weighted by Crippen LogP contribution is 2.33. The van der Waals surface area contributed by atoms with Gasteiger partial charge in [0.25, 0.3) is 0 Å². The zero-order valence-electron chi connectivity index (χ0n) is 19.2. The van der Waals surface area contributed by atoms with Crippen LogP contribution in [0.25, 0.3) is 0 Å².